The van der Waals surface area contributed by atoms with Crippen molar-refractivity contribution in [3.05, 3.63) is 45.5 Å². The number of phenols is 1. The second-order valence-corrected chi connectivity index (χ2v) is 9.79. The van der Waals surface area contributed by atoms with Crippen LogP contribution in [0.25, 0.3) is 6.08 Å². The lowest BCUT2D eigenvalue weighted by atomic mass is 9.58. The maximum absolute atomic E-state index is 12.9. The van der Waals surface area contributed by atoms with Crippen molar-refractivity contribution in [1.29, 1.82) is 0 Å². The van der Waals surface area contributed by atoms with E-state index in [9.17, 15) is 19.7 Å². The largest absolute Gasteiger partial charge is 0.508 e. The first-order valence-electron chi connectivity index (χ1n) is 11.8. The number of rotatable bonds is 7. The number of benzene rings is 1. The van der Waals surface area contributed by atoms with Gasteiger partial charge in [0, 0.05) is 14.2 Å². The Balaban J connectivity index is 1.61. The highest BCUT2D eigenvalue weighted by Gasteiger charge is 2.56. The van der Waals surface area contributed by atoms with Crippen molar-refractivity contribution in [2.75, 3.05) is 20.8 Å². The number of methoxy groups -OCH3 is 1. The van der Waals surface area contributed by atoms with Crippen molar-refractivity contribution in [2.45, 2.75) is 45.0 Å². The van der Waals surface area contributed by atoms with Crippen LogP contribution in [-0.4, -0.2) is 60.8 Å². The van der Waals surface area contributed by atoms with Crippen LogP contribution in [0.5, 0.6) is 5.75 Å². The highest BCUT2D eigenvalue weighted by Crippen LogP contribution is 2.50. The molecule has 0 saturated carbocycles. The SMILES string of the molecule is CC/C(=C\c1ccc(O)cc1Cl)CC[C@H]1OB(O)C[C@H]2C1=C(COC)C[C@H]1C(=O)N(C)C(=O)[C@H]12. The predicted molar refractivity (Wildman–Crippen MR) is 130 cm³/mol. The molecule has 0 bridgehead atoms. The number of fused-ring (bicyclic) bond motifs is 3. The molecule has 4 atom stereocenters. The van der Waals surface area contributed by atoms with Gasteiger partial charge in [0.1, 0.15) is 5.75 Å². The Labute approximate surface area is 205 Å². The first-order chi connectivity index (χ1) is 16.2. The Kier molecular flexibility index (Phi) is 7.52. The van der Waals surface area contributed by atoms with Crippen LogP contribution in [0, 0.1) is 17.8 Å². The van der Waals surface area contributed by atoms with Gasteiger partial charge in [-0.2, -0.15) is 0 Å². The molecule has 34 heavy (non-hydrogen) atoms. The van der Waals surface area contributed by atoms with Gasteiger partial charge in [-0.25, -0.2) is 0 Å². The summed E-state index contributed by atoms with van der Waals surface area (Å²) < 4.78 is 11.5. The van der Waals surface area contributed by atoms with Crippen molar-refractivity contribution in [1.82, 2.24) is 4.90 Å². The molecule has 4 rings (SSSR count). The van der Waals surface area contributed by atoms with Gasteiger partial charge in [-0.1, -0.05) is 30.2 Å². The summed E-state index contributed by atoms with van der Waals surface area (Å²) in [5.74, 6) is -1.29. The Morgan fingerprint density at radius 2 is 2.09 bits per heavy atom. The Morgan fingerprint density at radius 3 is 2.76 bits per heavy atom. The van der Waals surface area contributed by atoms with E-state index in [1.807, 2.05) is 6.08 Å². The summed E-state index contributed by atoms with van der Waals surface area (Å²) in [4.78, 5) is 26.9. The number of ether oxygens (including phenoxy) is 1. The van der Waals surface area contributed by atoms with Crippen LogP contribution in [0.15, 0.2) is 34.9 Å². The second-order valence-electron chi connectivity index (χ2n) is 9.39. The number of phenolic OH excluding ortho intramolecular Hbond substituents is 1. The third kappa shape index (κ3) is 4.69. The zero-order valence-corrected chi connectivity index (χ0v) is 20.5. The molecule has 2 amide bonds. The molecule has 2 fully saturated rings. The van der Waals surface area contributed by atoms with Crippen molar-refractivity contribution < 1.29 is 29.1 Å². The van der Waals surface area contributed by atoms with Gasteiger partial charge in [-0.15, -0.1) is 0 Å². The number of likely N-dealkylation sites (tertiary alicyclic amines) is 1. The van der Waals surface area contributed by atoms with Gasteiger partial charge in [-0.3, -0.25) is 14.5 Å². The smallest absolute Gasteiger partial charge is 0.455 e. The van der Waals surface area contributed by atoms with E-state index >= 15 is 0 Å². The van der Waals surface area contributed by atoms with Gasteiger partial charge in [0.2, 0.25) is 11.8 Å². The minimum absolute atomic E-state index is 0.120. The maximum atomic E-state index is 12.9. The van der Waals surface area contributed by atoms with Gasteiger partial charge in [0.25, 0.3) is 0 Å². The van der Waals surface area contributed by atoms with Crippen molar-refractivity contribution >= 4 is 36.6 Å². The minimum atomic E-state index is -0.990. The van der Waals surface area contributed by atoms with E-state index in [1.54, 1.807) is 26.3 Å². The molecule has 2 heterocycles. The fourth-order valence-corrected chi connectivity index (χ4v) is 5.98. The quantitative estimate of drug-likeness (QED) is 0.346. The second kappa shape index (κ2) is 10.2. The summed E-state index contributed by atoms with van der Waals surface area (Å²) in [7, 11) is 2.17. The summed E-state index contributed by atoms with van der Waals surface area (Å²) >= 11 is 6.29. The number of carbonyl (C=O) groups excluding carboxylic acids is 2. The highest BCUT2D eigenvalue weighted by molar-refractivity contribution is 6.43. The number of imide groups is 1. The van der Waals surface area contributed by atoms with Gasteiger partial charge >= 0.3 is 7.12 Å². The Hall–Kier alpha value is -2.13. The van der Waals surface area contributed by atoms with Crippen LogP contribution < -0.4 is 0 Å². The van der Waals surface area contributed by atoms with Crippen molar-refractivity contribution in [2.24, 2.45) is 17.8 Å². The lowest BCUT2D eigenvalue weighted by Gasteiger charge is -2.43. The van der Waals surface area contributed by atoms with Crippen LogP contribution in [0.2, 0.25) is 11.3 Å². The molecule has 1 aliphatic carbocycles. The fourth-order valence-electron chi connectivity index (χ4n) is 5.75. The average molecular weight is 488 g/mol. The molecule has 1 aromatic rings. The number of carbonyl (C=O) groups is 2. The summed E-state index contributed by atoms with van der Waals surface area (Å²) in [6.45, 7) is 2.44. The Bertz CT molecular complexity index is 1040. The third-order valence-electron chi connectivity index (χ3n) is 7.37. The van der Waals surface area contributed by atoms with Crippen LogP contribution in [0.4, 0.5) is 0 Å². The van der Waals surface area contributed by atoms with Gasteiger partial charge in [0.15, 0.2) is 0 Å². The monoisotopic (exact) mass is 487 g/mol. The van der Waals surface area contributed by atoms with E-state index in [1.165, 1.54) is 11.0 Å². The molecule has 7 nitrogen and oxygen atoms in total. The van der Waals surface area contributed by atoms with Gasteiger partial charge in [0.05, 0.1) is 29.6 Å². The van der Waals surface area contributed by atoms with Gasteiger partial charge < -0.3 is 19.5 Å². The molecule has 2 aliphatic heterocycles. The Morgan fingerprint density at radius 1 is 1.32 bits per heavy atom. The first-order valence-corrected chi connectivity index (χ1v) is 12.2. The minimum Gasteiger partial charge on any atom is -0.508 e. The standard InChI is InChI=1S/C25H31BClNO6/c1-4-14(9-15-6-7-17(29)11-20(15)27)5-8-21-22-16(13-33-3)10-18-23(19(22)12-26(32)34-21)25(31)28(2)24(18)30/h6-7,9,11,18-19,21,23,29,32H,4-5,8,10,12-13H2,1-3H3/b14-9+/t18-,19+,21-,23-/m1/s1. The van der Waals surface area contributed by atoms with E-state index in [4.69, 9.17) is 21.0 Å². The van der Waals surface area contributed by atoms with E-state index in [2.05, 4.69) is 6.92 Å². The number of aromatic hydroxyl groups is 1. The molecule has 2 N–H and O–H groups in total. The number of amides is 2. The molecule has 0 aromatic heterocycles. The van der Waals surface area contributed by atoms with Crippen molar-refractivity contribution in [3.63, 3.8) is 0 Å². The summed E-state index contributed by atoms with van der Waals surface area (Å²) in [6.07, 6.45) is 4.58. The summed E-state index contributed by atoms with van der Waals surface area (Å²) in [5, 5.41) is 20.6. The number of hydrogen-bond acceptors (Lipinski definition) is 6. The molecule has 0 unspecified atom stereocenters. The topological polar surface area (TPSA) is 96.3 Å². The van der Waals surface area contributed by atoms with Crippen LogP contribution in [0.3, 0.4) is 0 Å². The van der Waals surface area contributed by atoms with Gasteiger partial charge in [-0.05, 0) is 72.8 Å². The molecule has 0 radical (unpaired) electrons. The number of hydrogen-bond donors (Lipinski definition) is 2. The molecular formula is C25H31BClNO6. The van der Waals surface area contributed by atoms with Crippen LogP contribution in [0.1, 0.15) is 38.2 Å². The van der Waals surface area contributed by atoms with Crippen molar-refractivity contribution in [3.8, 4) is 5.75 Å². The van der Waals surface area contributed by atoms with E-state index in [-0.39, 0.29) is 29.6 Å². The zero-order chi connectivity index (χ0) is 24.6. The molecule has 2 saturated heterocycles. The number of allylic oxidation sites excluding steroid dienone is 1. The summed E-state index contributed by atoms with van der Waals surface area (Å²) in [5.41, 5.74) is 4.01. The normalized spacial score (nSPS) is 27.4. The molecule has 182 valence electrons. The summed E-state index contributed by atoms with van der Waals surface area (Å²) in [6, 6.07) is 4.90. The predicted octanol–water partition coefficient (Wildman–Crippen LogP) is 3.69. The zero-order valence-electron chi connectivity index (χ0n) is 19.8. The van der Waals surface area contributed by atoms with E-state index in [0.717, 1.165) is 28.7 Å². The lowest BCUT2D eigenvalue weighted by molar-refractivity contribution is -0.138. The third-order valence-corrected chi connectivity index (χ3v) is 7.70. The highest BCUT2D eigenvalue weighted by atomic mass is 35.5. The average Bonchev–Trinajstić information content (AvgIpc) is 3.01. The fraction of sp³-hybridized carbons (Fsp3) is 0.520. The molecule has 1 aromatic carbocycles. The van der Waals surface area contributed by atoms with Crippen LogP contribution >= 0.6 is 11.6 Å². The molecule has 9 heteroatoms. The lowest BCUT2D eigenvalue weighted by Crippen LogP contribution is -2.46. The molecule has 3 aliphatic rings. The maximum Gasteiger partial charge on any atom is 0.455 e. The first kappa shape index (κ1) is 25.0. The molecule has 0 spiro atoms. The van der Waals surface area contributed by atoms with E-state index < -0.39 is 19.0 Å². The number of nitrogens with zero attached hydrogens (tertiary/aromatic N) is 1. The molecular weight excluding hydrogens is 457 g/mol. The van der Waals surface area contributed by atoms with E-state index in [0.29, 0.717) is 37.2 Å². The number of halogens is 1. The van der Waals surface area contributed by atoms with Crippen LogP contribution in [-0.2, 0) is 19.0 Å².